The molecule has 0 aliphatic rings. The quantitative estimate of drug-likeness (QED) is 0.461. The molecule has 0 bridgehead atoms. The first-order chi connectivity index (χ1) is 9.40. The zero-order chi connectivity index (χ0) is 13.3. The highest BCUT2D eigenvalue weighted by atomic mass is 14.8. The Kier molecular flexibility index (Phi) is 5.15. The zero-order valence-electron chi connectivity index (χ0n) is 11.0. The molecule has 0 atom stereocenters. The summed E-state index contributed by atoms with van der Waals surface area (Å²) in [7, 11) is 0. The summed E-state index contributed by atoms with van der Waals surface area (Å²) in [5.74, 6) is 0. The van der Waals surface area contributed by atoms with Gasteiger partial charge in [0.1, 0.15) is 0 Å². The van der Waals surface area contributed by atoms with Crippen molar-refractivity contribution in [2.75, 3.05) is 6.54 Å². The lowest BCUT2D eigenvalue weighted by Crippen LogP contribution is -2.13. The molecule has 0 saturated heterocycles. The monoisotopic (exact) mass is 249 g/mol. The number of hydrogen-bond donors (Lipinski definition) is 1. The van der Waals surface area contributed by atoms with Gasteiger partial charge in [0, 0.05) is 13.1 Å². The molecule has 2 aromatic rings. The Balaban J connectivity index is 2.11. The minimum Gasteiger partial charge on any atom is -0.309 e. The van der Waals surface area contributed by atoms with Gasteiger partial charge < -0.3 is 5.32 Å². The van der Waals surface area contributed by atoms with Gasteiger partial charge in [-0.3, -0.25) is 0 Å². The lowest BCUT2D eigenvalue weighted by Gasteiger charge is -2.06. The van der Waals surface area contributed by atoms with Crippen LogP contribution in [0.15, 0.2) is 67.3 Å². The van der Waals surface area contributed by atoms with Gasteiger partial charge in [-0.15, -0.1) is 6.58 Å². The van der Waals surface area contributed by atoms with Gasteiger partial charge >= 0.3 is 0 Å². The molecule has 0 aliphatic carbocycles. The van der Waals surface area contributed by atoms with Crippen LogP contribution < -0.4 is 5.32 Å². The van der Waals surface area contributed by atoms with Crippen molar-refractivity contribution in [1.82, 2.24) is 5.32 Å². The Bertz CT molecular complexity index is 541. The van der Waals surface area contributed by atoms with E-state index in [1.54, 1.807) is 0 Å². The summed E-state index contributed by atoms with van der Waals surface area (Å²) >= 11 is 0. The molecule has 0 heterocycles. The van der Waals surface area contributed by atoms with Crippen molar-refractivity contribution in [1.29, 1.82) is 0 Å². The first-order valence-corrected chi connectivity index (χ1v) is 6.53. The van der Waals surface area contributed by atoms with Crippen molar-refractivity contribution in [2.24, 2.45) is 0 Å². The van der Waals surface area contributed by atoms with Gasteiger partial charge in [0.05, 0.1) is 0 Å². The lowest BCUT2D eigenvalue weighted by molar-refractivity contribution is 0.759. The summed E-state index contributed by atoms with van der Waals surface area (Å²) in [6, 6.07) is 18.8. The molecule has 19 heavy (non-hydrogen) atoms. The SMILES string of the molecule is C=CCNCc1ccccc1/C=C/c1ccccc1. The molecule has 0 aromatic heterocycles. The van der Waals surface area contributed by atoms with Crippen LogP contribution in [0.2, 0.25) is 0 Å². The van der Waals surface area contributed by atoms with E-state index in [4.69, 9.17) is 0 Å². The maximum atomic E-state index is 3.71. The van der Waals surface area contributed by atoms with Crippen LogP contribution in [0.25, 0.3) is 12.2 Å². The Labute approximate surface area is 115 Å². The van der Waals surface area contributed by atoms with Crippen molar-refractivity contribution in [2.45, 2.75) is 6.54 Å². The van der Waals surface area contributed by atoms with E-state index in [2.05, 4.69) is 72.6 Å². The van der Waals surface area contributed by atoms with E-state index in [1.807, 2.05) is 12.1 Å². The largest absolute Gasteiger partial charge is 0.309 e. The van der Waals surface area contributed by atoms with Gasteiger partial charge in [-0.2, -0.15) is 0 Å². The van der Waals surface area contributed by atoms with Crippen LogP contribution >= 0.6 is 0 Å². The molecule has 96 valence electrons. The summed E-state index contributed by atoms with van der Waals surface area (Å²) in [5, 5.41) is 3.34. The van der Waals surface area contributed by atoms with E-state index in [9.17, 15) is 0 Å². The molecule has 0 radical (unpaired) electrons. The van der Waals surface area contributed by atoms with Crippen molar-refractivity contribution in [3.05, 3.63) is 83.9 Å². The third kappa shape index (κ3) is 4.23. The van der Waals surface area contributed by atoms with Crippen molar-refractivity contribution >= 4 is 12.2 Å². The van der Waals surface area contributed by atoms with Crippen molar-refractivity contribution in [3.8, 4) is 0 Å². The van der Waals surface area contributed by atoms with E-state index in [0.29, 0.717) is 0 Å². The zero-order valence-corrected chi connectivity index (χ0v) is 11.0. The minimum absolute atomic E-state index is 0.830. The Hall–Kier alpha value is -2.12. The molecule has 0 fully saturated rings. The molecule has 2 aromatic carbocycles. The highest BCUT2D eigenvalue weighted by Gasteiger charge is 1.97. The van der Waals surface area contributed by atoms with E-state index >= 15 is 0 Å². The second-order valence-electron chi connectivity index (χ2n) is 4.36. The van der Waals surface area contributed by atoms with Gasteiger partial charge in [0.15, 0.2) is 0 Å². The molecule has 1 N–H and O–H groups in total. The molecule has 0 amide bonds. The van der Waals surface area contributed by atoms with E-state index in [-0.39, 0.29) is 0 Å². The molecule has 0 unspecified atom stereocenters. The predicted octanol–water partition coefficient (Wildman–Crippen LogP) is 4.13. The molecule has 1 nitrogen and oxygen atoms in total. The third-order valence-electron chi connectivity index (χ3n) is 2.91. The average molecular weight is 249 g/mol. The second kappa shape index (κ2) is 7.34. The fourth-order valence-corrected chi connectivity index (χ4v) is 1.92. The molecule has 1 heteroatoms. The fourth-order valence-electron chi connectivity index (χ4n) is 1.92. The van der Waals surface area contributed by atoms with Gasteiger partial charge in [-0.25, -0.2) is 0 Å². The Morgan fingerprint density at radius 1 is 0.895 bits per heavy atom. The van der Waals surface area contributed by atoms with Crippen molar-refractivity contribution in [3.63, 3.8) is 0 Å². The van der Waals surface area contributed by atoms with Crippen LogP contribution in [0.3, 0.4) is 0 Å². The summed E-state index contributed by atoms with van der Waals surface area (Å²) in [4.78, 5) is 0. The minimum atomic E-state index is 0.830. The smallest absolute Gasteiger partial charge is 0.0214 e. The van der Waals surface area contributed by atoms with Crippen LogP contribution in [-0.4, -0.2) is 6.54 Å². The number of rotatable bonds is 6. The molecular formula is C18H19N. The highest BCUT2D eigenvalue weighted by Crippen LogP contribution is 2.13. The Morgan fingerprint density at radius 2 is 1.63 bits per heavy atom. The van der Waals surface area contributed by atoms with E-state index in [0.717, 1.165) is 13.1 Å². The summed E-state index contributed by atoms with van der Waals surface area (Å²) in [6.45, 7) is 5.41. The second-order valence-corrected chi connectivity index (χ2v) is 4.36. The van der Waals surface area contributed by atoms with Crippen LogP contribution in [0, 0.1) is 0 Å². The normalized spacial score (nSPS) is 10.7. The first kappa shape index (κ1) is 13.3. The van der Waals surface area contributed by atoms with E-state index in [1.165, 1.54) is 16.7 Å². The first-order valence-electron chi connectivity index (χ1n) is 6.53. The molecule has 0 spiro atoms. The summed E-state index contributed by atoms with van der Waals surface area (Å²) in [6.07, 6.45) is 6.19. The van der Waals surface area contributed by atoms with Gasteiger partial charge in [-0.05, 0) is 16.7 Å². The average Bonchev–Trinajstić information content (AvgIpc) is 2.48. The standard InChI is InChI=1S/C18H19N/c1-2-14-19-15-18-11-7-6-10-17(18)13-12-16-8-4-3-5-9-16/h2-13,19H,1,14-15H2/b13-12+. The van der Waals surface area contributed by atoms with Crippen LogP contribution in [0.5, 0.6) is 0 Å². The van der Waals surface area contributed by atoms with Crippen molar-refractivity contribution < 1.29 is 0 Å². The predicted molar refractivity (Wildman–Crippen MR) is 83.7 cm³/mol. The molecule has 0 saturated carbocycles. The highest BCUT2D eigenvalue weighted by molar-refractivity contribution is 5.71. The number of benzene rings is 2. The fraction of sp³-hybridized carbons (Fsp3) is 0.111. The number of hydrogen-bond acceptors (Lipinski definition) is 1. The number of nitrogens with one attached hydrogen (secondary N) is 1. The lowest BCUT2D eigenvalue weighted by atomic mass is 10.1. The van der Waals surface area contributed by atoms with Crippen LogP contribution in [0.4, 0.5) is 0 Å². The van der Waals surface area contributed by atoms with Gasteiger partial charge in [0.2, 0.25) is 0 Å². The third-order valence-corrected chi connectivity index (χ3v) is 2.91. The maximum Gasteiger partial charge on any atom is 0.0214 e. The van der Waals surface area contributed by atoms with Crippen LogP contribution in [0.1, 0.15) is 16.7 Å². The molecule has 2 rings (SSSR count). The van der Waals surface area contributed by atoms with E-state index < -0.39 is 0 Å². The summed E-state index contributed by atoms with van der Waals surface area (Å²) < 4.78 is 0. The summed E-state index contributed by atoms with van der Waals surface area (Å²) in [5.41, 5.74) is 3.77. The topological polar surface area (TPSA) is 12.0 Å². The maximum absolute atomic E-state index is 3.71. The molecular weight excluding hydrogens is 230 g/mol. The van der Waals surface area contributed by atoms with Crippen LogP contribution in [-0.2, 0) is 6.54 Å². The molecule has 0 aliphatic heterocycles. The Morgan fingerprint density at radius 3 is 2.42 bits per heavy atom. The van der Waals surface area contributed by atoms with Gasteiger partial charge in [0.25, 0.3) is 0 Å². The van der Waals surface area contributed by atoms with Gasteiger partial charge in [-0.1, -0.05) is 72.8 Å².